The molecule has 0 saturated heterocycles. The van der Waals surface area contributed by atoms with Crippen LogP contribution < -0.4 is 4.74 Å². The van der Waals surface area contributed by atoms with Gasteiger partial charge in [-0.1, -0.05) is 52.3 Å². The molecule has 5 heteroatoms. The SMILES string of the molecule is C[C@@]1(c2ccncc2)Oc2ccc(Br)cc2[C@@H]2CC(c3ccc4ccccc4c3)=NN21. The molecule has 0 saturated carbocycles. The summed E-state index contributed by atoms with van der Waals surface area (Å²) >= 11 is 3.63. The standard InChI is InChI=1S/C26H20BrN3O/c1-26(20-10-12-28-13-11-20)30-24(22-15-21(27)8-9-25(22)31-26)16-23(29-30)19-7-6-17-4-2-3-5-18(17)14-19/h2-15,24H,16H2,1H3/t24-,26-/m0/s1. The van der Waals surface area contributed by atoms with E-state index in [0.29, 0.717) is 0 Å². The fraction of sp³-hybridized carbons (Fsp3) is 0.154. The van der Waals surface area contributed by atoms with Crippen LogP contribution >= 0.6 is 15.9 Å². The number of rotatable bonds is 2. The van der Waals surface area contributed by atoms with Gasteiger partial charge in [0.05, 0.1) is 11.8 Å². The number of pyridine rings is 1. The molecule has 2 atom stereocenters. The molecule has 0 radical (unpaired) electrons. The third-order valence-electron chi connectivity index (χ3n) is 6.29. The normalized spacial score (nSPS) is 21.9. The van der Waals surface area contributed by atoms with Gasteiger partial charge in [-0.2, -0.15) is 5.10 Å². The molecule has 3 aromatic carbocycles. The molecule has 0 unspecified atom stereocenters. The summed E-state index contributed by atoms with van der Waals surface area (Å²) in [6.07, 6.45) is 4.44. The molecule has 2 aliphatic rings. The van der Waals surface area contributed by atoms with Gasteiger partial charge in [0, 0.05) is 41.3 Å². The Morgan fingerprint density at radius 2 is 1.77 bits per heavy atom. The Bertz CT molecular complexity index is 1340. The highest BCUT2D eigenvalue weighted by Gasteiger charge is 2.48. The van der Waals surface area contributed by atoms with Gasteiger partial charge in [-0.15, -0.1) is 0 Å². The van der Waals surface area contributed by atoms with Crippen molar-refractivity contribution in [2.75, 3.05) is 0 Å². The Balaban J connectivity index is 1.50. The van der Waals surface area contributed by atoms with E-state index in [-0.39, 0.29) is 6.04 Å². The van der Waals surface area contributed by atoms with Crippen molar-refractivity contribution >= 4 is 32.4 Å². The number of halogens is 1. The zero-order chi connectivity index (χ0) is 21.0. The number of hydrogen-bond donors (Lipinski definition) is 0. The van der Waals surface area contributed by atoms with Gasteiger partial charge in [-0.05, 0) is 52.7 Å². The molecule has 2 aliphatic heterocycles. The smallest absolute Gasteiger partial charge is 0.221 e. The van der Waals surface area contributed by atoms with E-state index in [1.807, 2.05) is 24.3 Å². The van der Waals surface area contributed by atoms with Crippen molar-refractivity contribution in [1.29, 1.82) is 0 Å². The number of hydrogen-bond acceptors (Lipinski definition) is 4. The van der Waals surface area contributed by atoms with E-state index in [4.69, 9.17) is 9.84 Å². The maximum absolute atomic E-state index is 6.60. The highest BCUT2D eigenvalue weighted by atomic mass is 79.9. The fourth-order valence-electron chi connectivity index (χ4n) is 4.67. The van der Waals surface area contributed by atoms with Crippen LogP contribution in [0.15, 0.2) is 94.8 Å². The molecular weight excluding hydrogens is 450 g/mol. The Kier molecular flexibility index (Phi) is 4.15. The topological polar surface area (TPSA) is 37.7 Å². The molecule has 0 aliphatic carbocycles. The van der Waals surface area contributed by atoms with Crippen molar-refractivity contribution < 1.29 is 4.74 Å². The molecule has 6 rings (SSSR count). The highest BCUT2D eigenvalue weighted by molar-refractivity contribution is 9.10. The van der Waals surface area contributed by atoms with Gasteiger partial charge in [-0.25, -0.2) is 5.01 Å². The van der Waals surface area contributed by atoms with Crippen LogP contribution in [-0.2, 0) is 5.72 Å². The second-order valence-electron chi connectivity index (χ2n) is 8.18. The van der Waals surface area contributed by atoms with E-state index in [1.165, 1.54) is 10.8 Å². The zero-order valence-corrected chi connectivity index (χ0v) is 18.6. The minimum Gasteiger partial charge on any atom is -0.462 e. The average molecular weight is 470 g/mol. The molecule has 0 spiro atoms. The predicted molar refractivity (Wildman–Crippen MR) is 126 cm³/mol. The van der Waals surface area contributed by atoms with Gasteiger partial charge < -0.3 is 4.74 Å². The van der Waals surface area contributed by atoms with Crippen LogP contribution in [0.4, 0.5) is 0 Å². The molecule has 3 heterocycles. The van der Waals surface area contributed by atoms with Crippen molar-refractivity contribution in [2.45, 2.75) is 25.1 Å². The first-order valence-corrected chi connectivity index (χ1v) is 11.2. The lowest BCUT2D eigenvalue weighted by Gasteiger charge is -2.46. The summed E-state index contributed by atoms with van der Waals surface area (Å²) in [5.41, 5.74) is 3.70. The molecular formula is C26H20BrN3O. The maximum Gasteiger partial charge on any atom is 0.221 e. The first kappa shape index (κ1) is 18.6. The number of ether oxygens (including phenoxy) is 1. The maximum atomic E-state index is 6.60. The molecule has 0 amide bonds. The lowest BCUT2D eigenvalue weighted by atomic mass is 9.92. The van der Waals surface area contributed by atoms with Crippen LogP contribution in [0.5, 0.6) is 5.75 Å². The fourth-order valence-corrected chi connectivity index (χ4v) is 5.05. The summed E-state index contributed by atoms with van der Waals surface area (Å²) in [6.45, 7) is 2.09. The van der Waals surface area contributed by atoms with Crippen molar-refractivity contribution in [3.8, 4) is 5.75 Å². The summed E-state index contributed by atoms with van der Waals surface area (Å²) in [4.78, 5) is 4.19. The van der Waals surface area contributed by atoms with Gasteiger partial charge in [-0.3, -0.25) is 4.98 Å². The van der Waals surface area contributed by atoms with Crippen LogP contribution in [0.2, 0.25) is 0 Å². The third kappa shape index (κ3) is 2.95. The Morgan fingerprint density at radius 3 is 2.61 bits per heavy atom. The largest absolute Gasteiger partial charge is 0.462 e. The van der Waals surface area contributed by atoms with Crippen LogP contribution in [-0.4, -0.2) is 15.7 Å². The first-order valence-electron chi connectivity index (χ1n) is 10.4. The molecule has 4 nitrogen and oxygen atoms in total. The van der Waals surface area contributed by atoms with Crippen molar-refractivity contribution in [1.82, 2.24) is 9.99 Å². The number of hydrazone groups is 1. The minimum absolute atomic E-state index is 0.0980. The van der Waals surface area contributed by atoms with Gasteiger partial charge >= 0.3 is 0 Å². The molecule has 0 bridgehead atoms. The van der Waals surface area contributed by atoms with Gasteiger partial charge in [0.25, 0.3) is 0 Å². The van der Waals surface area contributed by atoms with E-state index in [2.05, 4.69) is 81.4 Å². The molecule has 0 N–H and O–H groups in total. The summed E-state index contributed by atoms with van der Waals surface area (Å²) in [6, 6.07) is 25.4. The highest BCUT2D eigenvalue weighted by Crippen LogP contribution is 2.50. The number of nitrogens with zero attached hydrogens (tertiary/aromatic N) is 3. The summed E-state index contributed by atoms with van der Waals surface area (Å²) in [7, 11) is 0. The predicted octanol–water partition coefficient (Wildman–Crippen LogP) is 6.41. The summed E-state index contributed by atoms with van der Waals surface area (Å²) < 4.78 is 7.64. The van der Waals surface area contributed by atoms with Crippen LogP contribution in [0, 0.1) is 0 Å². The molecule has 152 valence electrons. The van der Waals surface area contributed by atoms with Crippen molar-refractivity contribution in [3.63, 3.8) is 0 Å². The van der Waals surface area contributed by atoms with E-state index >= 15 is 0 Å². The summed E-state index contributed by atoms with van der Waals surface area (Å²) in [5, 5.41) is 9.72. The average Bonchev–Trinajstić information content (AvgIpc) is 3.27. The molecule has 4 aromatic rings. The number of aromatic nitrogens is 1. The monoisotopic (exact) mass is 469 g/mol. The number of benzene rings is 3. The van der Waals surface area contributed by atoms with E-state index in [0.717, 1.165) is 39.0 Å². The lowest BCUT2D eigenvalue weighted by Crippen LogP contribution is -2.48. The van der Waals surface area contributed by atoms with Gasteiger partial charge in [0.1, 0.15) is 5.75 Å². The molecule has 31 heavy (non-hydrogen) atoms. The Morgan fingerprint density at radius 1 is 0.968 bits per heavy atom. The Hall–Kier alpha value is -3.18. The van der Waals surface area contributed by atoms with Crippen LogP contribution in [0.1, 0.15) is 36.1 Å². The third-order valence-corrected chi connectivity index (χ3v) is 6.78. The molecule has 1 aromatic heterocycles. The first-order chi connectivity index (χ1) is 15.1. The van der Waals surface area contributed by atoms with E-state index in [1.54, 1.807) is 12.4 Å². The van der Waals surface area contributed by atoms with Gasteiger partial charge in [0.2, 0.25) is 5.72 Å². The second-order valence-corrected chi connectivity index (χ2v) is 9.09. The van der Waals surface area contributed by atoms with E-state index < -0.39 is 5.72 Å². The lowest BCUT2D eigenvalue weighted by molar-refractivity contribution is -0.112. The van der Waals surface area contributed by atoms with Crippen molar-refractivity contribution in [3.05, 3.63) is 106 Å². The molecule has 0 fully saturated rings. The van der Waals surface area contributed by atoms with Crippen molar-refractivity contribution in [2.24, 2.45) is 5.10 Å². The van der Waals surface area contributed by atoms with E-state index in [9.17, 15) is 0 Å². The van der Waals surface area contributed by atoms with Gasteiger partial charge in [0.15, 0.2) is 0 Å². The number of fused-ring (bicyclic) bond motifs is 4. The zero-order valence-electron chi connectivity index (χ0n) is 17.0. The van der Waals surface area contributed by atoms with Crippen LogP contribution in [0.25, 0.3) is 10.8 Å². The summed E-state index contributed by atoms with van der Waals surface area (Å²) in [5.74, 6) is 0.902. The quantitative estimate of drug-likeness (QED) is 0.340. The van der Waals surface area contributed by atoms with Crippen LogP contribution in [0.3, 0.4) is 0 Å². The second kappa shape index (κ2) is 6.92. The minimum atomic E-state index is -0.715. The Labute approximate surface area is 189 Å².